The Labute approximate surface area is 432 Å². The maximum Gasteiger partial charge on any atom is 0.333 e. The molecule has 0 spiro atoms. The molecule has 8 rings (SSSR count). The Hall–Kier alpha value is -2.10. The number of Topliss-reactive ketones (excluding diaryl/α,β-unsaturated/α-hetero) is 1. The topological polar surface area (TPSA) is 342 Å². The molecule has 25 unspecified atom stereocenters. The van der Waals surface area contributed by atoms with Crippen molar-refractivity contribution in [2.75, 3.05) is 26.4 Å². The molecule has 0 aromatic carbocycles. The molecule has 21 nitrogen and oxygen atoms in total. The average Bonchev–Trinajstić information content (AvgIpc) is 3.35. The van der Waals surface area contributed by atoms with E-state index in [0.717, 1.165) is 12.0 Å². The van der Waals surface area contributed by atoms with Gasteiger partial charge in [-0.15, -0.1) is 0 Å². The number of fused-ring (bicyclic) bond motifs is 7. The van der Waals surface area contributed by atoms with Gasteiger partial charge in [0.05, 0.1) is 50.2 Å². The molecule has 3 saturated heterocycles. The lowest BCUT2D eigenvalue weighted by Gasteiger charge is -2.71. The first kappa shape index (κ1) is 58.1. The number of rotatable bonds is 12. The fourth-order valence-electron chi connectivity index (χ4n) is 15.5. The first-order valence-corrected chi connectivity index (χ1v) is 26.5. The summed E-state index contributed by atoms with van der Waals surface area (Å²) in [5.41, 5.74) is -3.48. The summed E-state index contributed by atoms with van der Waals surface area (Å²) in [6, 6.07) is 0. The van der Waals surface area contributed by atoms with Crippen molar-refractivity contribution in [3.8, 4) is 0 Å². The van der Waals surface area contributed by atoms with Crippen LogP contribution in [0.4, 0.5) is 0 Å². The molecule has 0 amide bonds. The van der Waals surface area contributed by atoms with E-state index >= 15 is 4.79 Å². The molecule has 422 valence electrons. The molecular formula is C53H84O21. The lowest BCUT2D eigenvalue weighted by molar-refractivity contribution is -0.370. The summed E-state index contributed by atoms with van der Waals surface area (Å²) in [5.74, 6) is -1.65. The highest BCUT2D eigenvalue weighted by molar-refractivity contribution is 5.90. The van der Waals surface area contributed by atoms with Crippen molar-refractivity contribution in [2.45, 2.75) is 218 Å². The van der Waals surface area contributed by atoms with Gasteiger partial charge in [-0.25, -0.2) is 4.79 Å². The van der Waals surface area contributed by atoms with Gasteiger partial charge in [-0.3, -0.25) is 4.79 Å². The van der Waals surface area contributed by atoms with Gasteiger partial charge in [-0.05, 0) is 91.8 Å². The minimum absolute atomic E-state index is 0.0310. The Bertz CT molecular complexity index is 2120. The van der Waals surface area contributed by atoms with E-state index in [1.807, 2.05) is 13.8 Å². The Kier molecular flexibility index (Phi) is 16.4. The summed E-state index contributed by atoms with van der Waals surface area (Å²) in [6.07, 6.45) is -20.4. The Morgan fingerprint density at radius 2 is 1.27 bits per heavy atom. The minimum atomic E-state index is -1.91. The second-order valence-corrected chi connectivity index (χ2v) is 24.9. The number of carbonyl (C=O) groups excluding carboxylic acids is 2. The number of aliphatic hydroxyl groups is 12. The fraction of sp³-hybridized carbons (Fsp3) is 0.887. The van der Waals surface area contributed by atoms with Gasteiger partial charge in [0.15, 0.2) is 25.0 Å². The number of hydrogen-bond acceptors (Lipinski definition) is 21. The van der Waals surface area contributed by atoms with Crippen molar-refractivity contribution in [1.29, 1.82) is 0 Å². The molecule has 12 N–H and O–H groups in total. The van der Waals surface area contributed by atoms with Crippen LogP contribution in [0, 0.1) is 50.2 Å². The smallest absolute Gasteiger partial charge is 0.333 e. The predicted molar refractivity (Wildman–Crippen MR) is 257 cm³/mol. The summed E-state index contributed by atoms with van der Waals surface area (Å²) in [6.45, 7) is 15.1. The Balaban J connectivity index is 1.07. The number of allylic oxidation sites excluding steroid dienone is 3. The molecule has 0 bridgehead atoms. The van der Waals surface area contributed by atoms with E-state index in [-0.39, 0.29) is 41.4 Å². The number of esters is 1. The highest BCUT2D eigenvalue weighted by Gasteiger charge is 2.73. The minimum Gasteiger partial charge on any atom is -0.453 e. The average molecular weight is 1060 g/mol. The molecule has 0 radical (unpaired) electrons. The maximum atomic E-state index is 15.6. The summed E-state index contributed by atoms with van der Waals surface area (Å²) in [7, 11) is 0. The summed E-state index contributed by atoms with van der Waals surface area (Å²) in [4.78, 5) is 28.4. The van der Waals surface area contributed by atoms with Gasteiger partial charge in [0, 0.05) is 17.4 Å². The largest absolute Gasteiger partial charge is 0.453 e. The van der Waals surface area contributed by atoms with Gasteiger partial charge in [-0.2, -0.15) is 0 Å². The molecular weight excluding hydrogens is 973 g/mol. The maximum absolute atomic E-state index is 15.6. The second kappa shape index (κ2) is 20.8. The van der Waals surface area contributed by atoms with Crippen LogP contribution in [0.1, 0.15) is 107 Å². The Morgan fingerprint density at radius 3 is 1.88 bits per heavy atom. The van der Waals surface area contributed by atoms with E-state index in [4.69, 9.17) is 33.2 Å². The molecule has 3 heterocycles. The standard InChI is InChI=1S/C53H84O21/c1-10-23(2)44(67)73-40-35(60)28(21-56)70-46(39(40)64)72-32-14-15-50(7)29(49(32,5)6)13-16-51(8)30(50)12-11-24-25-17-48(3,4)42(65)43(66)53(25,31(57)18-52(24,51)9)22-68-47-41(37(62)34(59)27(20-55)71-47)74-45-38(63)36(61)33(58)26(19-54)69-45/h10-11,25-30,32-43,45-47,54-56,58-66H,12-22H2,1-9H3. The number of ketones is 1. The Morgan fingerprint density at radius 1 is 0.689 bits per heavy atom. The van der Waals surface area contributed by atoms with Gasteiger partial charge in [0.2, 0.25) is 0 Å². The molecule has 21 heteroatoms. The van der Waals surface area contributed by atoms with Gasteiger partial charge in [0.1, 0.15) is 72.9 Å². The van der Waals surface area contributed by atoms with Crippen molar-refractivity contribution in [1.82, 2.24) is 0 Å². The highest BCUT2D eigenvalue weighted by Crippen LogP contribution is 2.75. The van der Waals surface area contributed by atoms with Crippen LogP contribution in [0.2, 0.25) is 0 Å². The molecule has 3 aliphatic heterocycles. The number of ether oxygens (including phenoxy) is 7. The summed E-state index contributed by atoms with van der Waals surface area (Å²) >= 11 is 0. The van der Waals surface area contributed by atoms with Gasteiger partial charge in [-0.1, -0.05) is 66.2 Å². The first-order chi connectivity index (χ1) is 34.6. The fourth-order valence-corrected chi connectivity index (χ4v) is 15.5. The van der Waals surface area contributed by atoms with Crippen molar-refractivity contribution < 1.29 is 104 Å². The van der Waals surface area contributed by atoms with E-state index in [0.29, 0.717) is 25.7 Å². The molecule has 25 atom stereocenters. The van der Waals surface area contributed by atoms with Crippen LogP contribution in [-0.2, 0) is 42.7 Å². The molecule has 0 aromatic rings. The van der Waals surface area contributed by atoms with Crippen LogP contribution < -0.4 is 0 Å². The number of carbonyl (C=O) groups is 2. The molecule has 5 aliphatic carbocycles. The van der Waals surface area contributed by atoms with Crippen LogP contribution >= 0.6 is 0 Å². The van der Waals surface area contributed by atoms with Crippen molar-refractivity contribution >= 4 is 11.8 Å². The summed E-state index contributed by atoms with van der Waals surface area (Å²) < 4.78 is 42.1. The third-order valence-electron chi connectivity index (χ3n) is 20.4. The zero-order chi connectivity index (χ0) is 54.6. The molecule has 7 fully saturated rings. The first-order valence-electron chi connectivity index (χ1n) is 26.5. The van der Waals surface area contributed by atoms with Crippen LogP contribution in [-0.4, -0.2) is 210 Å². The lowest BCUT2D eigenvalue weighted by atomic mass is 9.33. The quantitative estimate of drug-likeness (QED) is 0.0495. The van der Waals surface area contributed by atoms with Gasteiger partial charge >= 0.3 is 5.97 Å². The molecule has 0 aromatic heterocycles. The monoisotopic (exact) mass is 1060 g/mol. The van der Waals surface area contributed by atoms with Crippen molar-refractivity contribution in [3.05, 3.63) is 23.3 Å². The van der Waals surface area contributed by atoms with E-state index < -0.39 is 176 Å². The summed E-state index contributed by atoms with van der Waals surface area (Å²) in [5, 5.41) is 131. The van der Waals surface area contributed by atoms with E-state index in [1.165, 1.54) is 0 Å². The van der Waals surface area contributed by atoms with Crippen molar-refractivity contribution in [3.63, 3.8) is 0 Å². The lowest BCUT2D eigenvalue weighted by Crippen LogP contribution is -2.71. The van der Waals surface area contributed by atoms with Gasteiger partial charge < -0.3 is 94.4 Å². The van der Waals surface area contributed by atoms with Crippen LogP contribution in [0.3, 0.4) is 0 Å². The zero-order valence-corrected chi connectivity index (χ0v) is 44.1. The zero-order valence-electron chi connectivity index (χ0n) is 44.1. The third kappa shape index (κ3) is 9.01. The SMILES string of the molecule is CC=C(C)C(=O)OC1C(O)C(CO)OC(OC2CCC3(C)C(CCC4(C)C3CC=C3C5CC(C)(C)C(O)C(O)C5(COC5OC(CO)C(O)C(O)C5OC5OC(CO)C(O)C(O)C5O)C(=O)CC34C)C2(C)C)C1O. The van der Waals surface area contributed by atoms with Gasteiger partial charge in [0.25, 0.3) is 0 Å². The molecule has 4 saturated carbocycles. The molecule has 74 heavy (non-hydrogen) atoms. The number of hydrogen-bond donors (Lipinski definition) is 12. The van der Waals surface area contributed by atoms with Crippen LogP contribution in [0.25, 0.3) is 0 Å². The third-order valence-corrected chi connectivity index (χ3v) is 20.4. The second-order valence-electron chi connectivity index (χ2n) is 24.9. The van der Waals surface area contributed by atoms with E-state index in [2.05, 4.69) is 40.7 Å². The predicted octanol–water partition coefficient (Wildman–Crippen LogP) is -0.748. The highest BCUT2D eigenvalue weighted by atomic mass is 16.8. The number of aliphatic hydroxyl groups excluding tert-OH is 12. The van der Waals surface area contributed by atoms with E-state index in [1.54, 1.807) is 19.9 Å². The van der Waals surface area contributed by atoms with E-state index in [9.17, 15) is 66.1 Å². The van der Waals surface area contributed by atoms with Crippen LogP contribution in [0.5, 0.6) is 0 Å². The van der Waals surface area contributed by atoms with Crippen molar-refractivity contribution in [2.24, 2.45) is 50.2 Å². The van der Waals surface area contributed by atoms with Crippen LogP contribution in [0.15, 0.2) is 23.3 Å². The molecule has 8 aliphatic rings. The normalized spacial score (nSPS) is 51.1.